The summed E-state index contributed by atoms with van der Waals surface area (Å²) >= 11 is 0. The molecule has 1 nitrogen and oxygen atoms in total. The maximum atomic E-state index is 12.2. The summed E-state index contributed by atoms with van der Waals surface area (Å²) in [5.41, 5.74) is 5.51. The Kier molecular flexibility index (Phi) is 3.38. The monoisotopic (exact) mass is 213 g/mol. The van der Waals surface area contributed by atoms with Crippen molar-refractivity contribution in [2.45, 2.75) is 18.6 Å². The zero-order valence-electron chi connectivity index (χ0n) is 7.88. The van der Waals surface area contributed by atoms with Gasteiger partial charge in [0.15, 0.2) is 0 Å². The van der Waals surface area contributed by atoms with Gasteiger partial charge in [-0.05, 0) is 24.1 Å². The van der Waals surface area contributed by atoms with Crippen LogP contribution < -0.4 is 5.73 Å². The lowest BCUT2D eigenvalue weighted by Crippen LogP contribution is -2.20. The fourth-order valence-corrected chi connectivity index (χ4v) is 1.14. The van der Waals surface area contributed by atoms with Gasteiger partial charge in [0, 0.05) is 0 Å². The number of hydrogen-bond acceptors (Lipinski definition) is 1. The molecule has 0 saturated carbocycles. The summed E-state index contributed by atoms with van der Waals surface area (Å²) < 4.78 is 36.6. The van der Waals surface area contributed by atoms with E-state index in [-0.39, 0.29) is 0 Å². The van der Waals surface area contributed by atoms with Crippen LogP contribution in [0.2, 0.25) is 0 Å². The first kappa shape index (κ1) is 11.6. The Morgan fingerprint density at radius 2 is 1.80 bits per heavy atom. The average molecular weight is 213 g/mol. The Bertz CT molecular complexity index is 359. The van der Waals surface area contributed by atoms with E-state index < -0.39 is 17.8 Å². The fourth-order valence-electron chi connectivity index (χ4n) is 1.14. The zero-order chi connectivity index (χ0) is 11.5. The number of benzene rings is 1. The molecule has 1 rings (SSSR count). The molecule has 80 valence electrons. The van der Waals surface area contributed by atoms with E-state index in [0.717, 1.165) is 12.1 Å². The summed E-state index contributed by atoms with van der Waals surface area (Å²) in [6.07, 6.45) is 1.15. The number of terminal acetylenes is 1. The van der Waals surface area contributed by atoms with Crippen LogP contribution in [0.4, 0.5) is 13.2 Å². The van der Waals surface area contributed by atoms with Crippen LogP contribution in [0.3, 0.4) is 0 Å². The minimum absolute atomic E-state index is 0.384. The van der Waals surface area contributed by atoms with Crippen LogP contribution in [0, 0.1) is 12.3 Å². The highest BCUT2D eigenvalue weighted by Crippen LogP contribution is 2.29. The second-order valence-corrected chi connectivity index (χ2v) is 3.17. The summed E-state index contributed by atoms with van der Waals surface area (Å²) in [7, 11) is 0. The predicted molar refractivity (Wildman–Crippen MR) is 52.0 cm³/mol. The third kappa shape index (κ3) is 3.30. The average Bonchev–Trinajstić information content (AvgIpc) is 2.17. The first-order valence-corrected chi connectivity index (χ1v) is 4.31. The van der Waals surface area contributed by atoms with Crippen molar-refractivity contribution in [1.29, 1.82) is 0 Å². The van der Waals surface area contributed by atoms with E-state index in [0.29, 0.717) is 12.0 Å². The lowest BCUT2D eigenvalue weighted by Gasteiger charge is -2.08. The highest BCUT2D eigenvalue weighted by molar-refractivity contribution is 5.26. The molecule has 0 radical (unpaired) electrons. The molecule has 0 aliphatic rings. The Labute approximate surface area is 86.1 Å². The molecule has 0 aliphatic carbocycles. The molecule has 4 heteroatoms. The number of hydrogen-bond donors (Lipinski definition) is 1. The maximum Gasteiger partial charge on any atom is 0.416 e. The summed E-state index contributed by atoms with van der Waals surface area (Å²) in [5, 5.41) is 0. The van der Waals surface area contributed by atoms with Crippen molar-refractivity contribution >= 4 is 0 Å². The van der Waals surface area contributed by atoms with Gasteiger partial charge in [-0.2, -0.15) is 13.2 Å². The van der Waals surface area contributed by atoms with Gasteiger partial charge in [-0.3, -0.25) is 0 Å². The predicted octanol–water partition coefficient (Wildman–Crippen LogP) is 2.21. The molecule has 2 N–H and O–H groups in total. The van der Waals surface area contributed by atoms with Crippen LogP contribution in [-0.2, 0) is 12.6 Å². The molecule has 15 heavy (non-hydrogen) atoms. The van der Waals surface area contributed by atoms with Crippen molar-refractivity contribution in [3.63, 3.8) is 0 Å². The minimum Gasteiger partial charge on any atom is -0.317 e. The largest absolute Gasteiger partial charge is 0.416 e. The standard InChI is InChI=1S/C11H10F3N/c1-2-10(15)7-8-3-5-9(6-4-8)11(12,13)14/h1,3-6,10H,7,15H2. The molecule has 0 saturated heterocycles. The van der Waals surface area contributed by atoms with Gasteiger partial charge in [-0.1, -0.05) is 18.1 Å². The molecule has 1 aromatic carbocycles. The van der Waals surface area contributed by atoms with E-state index in [4.69, 9.17) is 12.2 Å². The molecule has 1 aromatic rings. The van der Waals surface area contributed by atoms with Gasteiger partial charge in [0.25, 0.3) is 0 Å². The number of nitrogens with two attached hydrogens (primary N) is 1. The van der Waals surface area contributed by atoms with E-state index >= 15 is 0 Å². The molecule has 1 atom stereocenters. The van der Waals surface area contributed by atoms with Gasteiger partial charge in [0.1, 0.15) is 0 Å². The van der Waals surface area contributed by atoms with Crippen LogP contribution in [0.1, 0.15) is 11.1 Å². The first-order chi connectivity index (χ1) is 6.93. The second-order valence-electron chi connectivity index (χ2n) is 3.17. The fraction of sp³-hybridized carbons (Fsp3) is 0.273. The van der Waals surface area contributed by atoms with Crippen molar-refractivity contribution in [2.75, 3.05) is 0 Å². The topological polar surface area (TPSA) is 26.0 Å². The Morgan fingerprint density at radius 3 is 2.20 bits per heavy atom. The second kappa shape index (κ2) is 4.37. The molecule has 1 unspecified atom stereocenters. The SMILES string of the molecule is C#CC(N)Cc1ccc(C(F)(F)F)cc1. The van der Waals surface area contributed by atoms with Crippen molar-refractivity contribution < 1.29 is 13.2 Å². The van der Waals surface area contributed by atoms with Gasteiger partial charge in [0.2, 0.25) is 0 Å². The smallest absolute Gasteiger partial charge is 0.317 e. The van der Waals surface area contributed by atoms with Gasteiger partial charge in [0.05, 0.1) is 11.6 Å². The lowest BCUT2D eigenvalue weighted by molar-refractivity contribution is -0.137. The summed E-state index contributed by atoms with van der Waals surface area (Å²) in [5.74, 6) is 2.31. The molecular weight excluding hydrogens is 203 g/mol. The Balaban J connectivity index is 2.78. The van der Waals surface area contributed by atoms with Crippen molar-refractivity contribution in [3.8, 4) is 12.3 Å². The molecule has 0 spiro atoms. The van der Waals surface area contributed by atoms with Gasteiger partial charge >= 0.3 is 6.18 Å². The maximum absolute atomic E-state index is 12.2. The summed E-state index contributed by atoms with van der Waals surface area (Å²) in [4.78, 5) is 0. The number of halogens is 3. The van der Waals surface area contributed by atoms with Gasteiger partial charge in [-0.15, -0.1) is 6.42 Å². The van der Waals surface area contributed by atoms with Crippen LogP contribution >= 0.6 is 0 Å². The zero-order valence-corrected chi connectivity index (χ0v) is 7.88. The third-order valence-electron chi connectivity index (χ3n) is 1.95. The van der Waals surface area contributed by atoms with Crippen LogP contribution in [0.15, 0.2) is 24.3 Å². The van der Waals surface area contributed by atoms with Crippen LogP contribution in [-0.4, -0.2) is 6.04 Å². The van der Waals surface area contributed by atoms with E-state index in [2.05, 4.69) is 5.92 Å². The molecule has 0 aromatic heterocycles. The third-order valence-corrected chi connectivity index (χ3v) is 1.95. The molecule has 0 fully saturated rings. The van der Waals surface area contributed by atoms with E-state index in [1.807, 2.05) is 0 Å². The minimum atomic E-state index is -4.30. The van der Waals surface area contributed by atoms with Gasteiger partial charge < -0.3 is 5.73 Å². The Morgan fingerprint density at radius 1 is 1.27 bits per heavy atom. The highest BCUT2D eigenvalue weighted by Gasteiger charge is 2.29. The highest BCUT2D eigenvalue weighted by atomic mass is 19.4. The van der Waals surface area contributed by atoms with Gasteiger partial charge in [-0.25, -0.2) is 0 Å². The summed E-state index contributed by atoms with van der Waals surface area (Å²) in [6, 6.07) is 4.37. The Hall–Kier alpha value is -1.47. The molecule has 0 heterocycles. The quantitative estimate of drug-likeness (QED) is 0.749. The molecular formula is C11H10F3N. The lowest BCUT2D eigenvalue weighted by atomic mass is 10.1. The van der Waals surface area contributed by atoms with Crippen molar-refractivity contribution in [2.24, 2.45) is 5.73 Å². The normalized spacial score (nSPS) is 13.3. The molecule has 0 bridgehead atoms. The van der Waals surface area contributed by atoms with E-state index in [9.17, 15) is 13.2 Å². The van der Waals surface area contributed by atoms with Crippen LogP contribution in [0.5, 0.6) is 0 Å². The van der Waals surface area contributed by atoms with Crippen molar-refractivity contribution in [3.05, 3.63) is 35.4 Å². The van der Waals surface area contributed by atoms with E-state index in [1.54, 1.807) is 0 Å². The first-order valence-electron chi connectivity index (χ1n) is 4.31. The summed E-state index contributed by atoms with van der Waals surface area (Å²) in [6.45, 7) is 0. The molecule has 0 amide bonds. The number of alkyl halides is 3. The molecule has 0 aliphatic heterocycles. The van der Waals surface area contributed by atoms with E-state index in [1.165, 1.54) is 12.1 Å². The van der Waals surface area contributed by atoms with Crippen molar-refractivity contribution in [1.82, 2.24) is 0 Å². The van der Waals surface area contributed by atoms with Crippen LogP contribution in [0.25, 0.3) is 0 Å². The number of rotatable bonds is 2.